The fourth-order valence-corrected chi connectivity index (χ4v) is 5.29. The highest BCUT2D eigenvalue weighted by atomic mass is 16.6. The van der Waals surface area contributed by atoms with Gasteiger partial charge in [0.25, 0.3) is 5.91 Å². The van der Waals surface area contributed by atoms with E-state index in [0.29, 0.717) is 6.42 Å². The number of aromatic hydroxyl groups is 1. The topological polar surface area (TPSA) is 151 Å². The van der Waals surface area contributed by atoms with Gasteiger partial charge in [-0.1, -0.05) is 0 Å². The molecule has 4 aliphatic rings. The van der Waals surface area contributed by atoms with E-state index in [9.17, 15) is 24.6 Å². The number of amides is 3. The Morgan fingerprint density at radius 2 is 1.84 bits per heavy atom. The molecule has 1 aromatic carbocycles. The van der Waals surface area contributed by atoms with Crippen molar-refractivity contribution in [2.45, 2.75) is 50.5 Å². The molecule has 3 aliphatic carbocycles. The molecule has 4 fully saturated rings. The van der Waals surface area contributed by atoms with Crippen molar-refractivity contribution in [2.75, 3.05) is 12.4 Å². The number of primary amides is 1. The first-order valence-electron chi connectivity index (χ1n) is 10.6. The van der Waals surface area contributed by atoms with E-state index in [1.807, 2.05) is 20.8 Å². The summed E-state index contributed by atoms with van der Waals surface area (Å²) in [6, 6.07) is 3.16. The van der Waals surface area contributed by atoms with Crippen LogP contribution in [-0.4, -0.2) is 63.4 Å². The summed E-state index contributed by atoms with van der Waals surface area (Å²) in [7, 11) is 1.34. The second kappa shape index (κ2) is 6.28. The third-order valence-corrected chi connectivity index (χ3v) is 7.04. The number of fused-ring (bicyclic) bond motifs is 2. The number of benzene rings is 1. The number of carbonyl (C=O) groups is 3. The predicted octanol–water partition coefficient (Wildman–Crippen LogP) is 1.05. The van der Waals surface area contributed by atoms with Crippen LogP contribution < -0.4 is 15.8 Å². The fourth-order valence-electron chi connectivity index (χ4n) is 5.29. The Bertz CT molecular complexity index is 1030. The highest BCUT2D eigenvalue weighted by Crippen LogP contribution is 2.79. The van der Waals surface area contributed by atoms with Crippen LogP contribution >= 0.6 is 0 Å². The second-order valence-electron chi connectivity index (χ2n) is 10.2. The lowest BCUT2D eigenvalue weighted by atomic mass is 9.93. The first-order valence-corrected chi connectivity index (χ1v) is 10.6. The van der Waals surface area contributed by atoms with Gasteiger partial charge in [0.05, 0.1) is 36.4 Å². The van der Waals surface area contributed by atoms with Crippen molar-refractivity contribution in [2.24, 2.45) is 29.4 Å². The van der Waals surface area contributed by atoms with Gasteiger partial charge in [-0.15, -0.1) is 0 Å². The molecular weight excluding hydrogens is 418 g/mol. The Kier molecular flexibility index (Phi) is 4.09. The van der Waals surface area contributed by atoms with Crippen LogP contribution in [0.1, 0.15) is 37.6 Å². The number of hydrogen-bond acceptors (Lipinski definition) is 7. The van der Waals surface area contributed by atoms with Crippen molar-refractivity contribution in [1.29, 1.82) is 0 Å². The van der Waals surface area contributed by atoms with E-state index in [1.165, 1.54) is 19.2 Å². The number of nitrogens with zero attached hydrogens (tertiary/aromatic N) is 1. The van der Waals surface area contributed by atoms with E-state index < -0.39 is 22.9 Å². The number of rotatable bonds is 6. The number of anilines is 1. The van der Waals surface area contributed by atoms with Crippen LogP contribution in [0.25, 0.3) is 0 Å². The summed E-state index contributed by atoms with van der Waals surface area (Å²) in [6.07, 6.45) is 0.254. The molecule has 0 aromatic heterocycles. The number of hydrogen-bond donors (Lipinski definition) is 4. The third-order valence-electron chi connectivity index (χ3n) is 7.04. The SMILES string of the molecule is COc1ccc(NC(=O)C2C3C2C3(O)CC2C3C2N3C(=O)OC(C)(C)C)c(O)c1C(N)=O. The van der Waals surface area contributed by atoms with Crippen molar-refractivity contribution in [3.8, 4) is 11.5 Å². The van der Waals surface area contributed by atoms with E-state index in [4.69, 9.17) is 15.2 Å². The van der Waals surface area contributed by atoms with Gasteiger partial charge in [-0.2, -0.15) is 0 Å². The number of carbonyl (C=O) groups excluding carboxylic acids is 3. The van der Waals surface area contributed by atoms with Gasteiger partial charge in [0, 0.05) is 17.8 Å². The number of nitrogens with one attached hydrogen (secondary N) is 1. The van der Waals surface area contributed by atoms with Crippen molar-refractivity contribution in [1.82, 2.24) is 4.90 Å². The lowest BCUT2D eigenvalue weighted by molar-refractivity contribution is -0.121. The minimum atomic E-state index is -0.873. The van der Waals surface area contributed by atoms with E-state index in [2.05, 4.69) is 5.32 Å². The van der Waals surface area contributed by atoms with Crippen LogP contribution in [0.5, 0.6) is 11.5 Å². The zero-order valence-electron chi connectivity index (χ0n) is 18.3. The summed E-state index contributed by atoms with van der Waals surface area (Å²) in [5, 5.41) is 23.7. The largest absolute Gasteiger partial charge is 0.505 e. The predicted molar refractivity (Wildman–Crippen MR) is 111 cm³/mol. The van der Waals surface area contributed by atoms with E-state index >= 15 is 0 Å². The van der Waals surface area contributed by atoms with E-state index in [0.717, 1.165) is 0 Å². The maximum atomic E-state index is 12.6. The highest BCUT2D eigenvalue weighted by Gasteiger charge is 2.88. The van der Waals surface area contributed by atoms with Gasteiger partial charge in [-0.3, -0.25) is 14.5 Å². The molecule has 10 heteroatoms. The fraction of sp³-hybridized carbons (Fsp3) is 0.591. The molecular formula is C22H27N3O7. The average molecular weight is 445 g/mol. The first kappa shape index (κ1) is 20.9. The number of aliphatic hydroxyl groups is 1. The molecule has 10 nitrogen and oxygen atoms in total. The van der Waals surface area contributed by atoms with Gasteiger partial charge in [0.2, 0.25) is 5.91 Å². The number of methoxy groups -OCH3 is 1. The zero-order valence-corrected chi connectivity index (χ0v) is 18.3. The van der Waals surface area contributed by atoms with Crippen LogP contribution in [0.15, 0.2) is 12.1 Å². The average Bonchev–Trinajstić information content (AvgIpc) is 3.54. The zero-order chi connectivity index (χ0) is 23.3. The minimum Gasteiger partial charge on any atom is -0.505 e. The van der Waals surface area contributed by atoms with Gasteiger partial charge in [-0.25, -0.2) is 4.79 Å². The van der Waals surface area contributed by atoms with Crippen molar-refractivity contribution >= 4 is 23.6 Å². The normalized spacial score (nSPS) is 35.2. The summed E-state index contributed by atoms with van der Waals surface area (Å²) >= 11 is 0. The van der Waals surface area contributed by atoms with Crippen molar-refractivity contribution < 1.29 is 34.1 Å². The Hall–Kier alpha value is -3.01. The third kappa shape index (κ3) is 3.00. The molecule has 4 atom stereocenters. The molecule has 4 unspecified atom stereocenters. The van der Waals surface area contributed by atoms with Crippen LogP contribution in [-0.2, 0) is 9.53 Å². The Morgan fingerprint density at radius 3 is 2.38 bits per heavy atom. The molecule has 0 radical (unpaired) electrons. The standard InChI is InChI=1S/C22H27N3O7/c1-21(2,3)32-20(29)25-15-8(16(15)25)7-22(30)13-12(14(13)22)19(28)24-9-5-6-10(31-4)11(17(9)26)18(23)27/h5-6,8,12-16,26,30H,7H2,1-4H3,(H2,23,27)(H,24,28). The number of likely N-dealkylation sites (tertiary alicyclic amines) is 1. The Balaban J connectivity index is 1.13. The molecule has 1 aliphatic heterocycles. The number of ether oxygens (including phenoxy) is 2. The van der Waals surface area contributed by atoms with Crippen LogP contribution in [0.4, 0.5) is 10.5 Å². The molecule has 5 N–H and O–H groups in total. The Labute approximate surface area is 184 Å². The lowest BCUT2D eigenvalue weighted by Gasteiger charge is -2.26. The maximum Gasteiger partial charge on any atom is 0.410 e. The lowest BCUT2D eigenvalue weighted by Crippen LogP contribution is -2.36. The molecule has 32 heavy (non-hydrogen) atoms. The number of phenols is 1. The summed E-state index contributed by atoms with van der Waals surface area (Å²) in [5.41, 5.74) is 3.76. The van der Waals surface area contributed by atoms with Gasteiger partial charge < -0.3 is 30.7 Å². The maximum absolute atomic E-state index is 12.6. The summed E-state index contributed by atoms with van der Waals surface area (Å²) in [6.45, 7) is 5.47. The smallest absolute Gasteiger partial charge is 0.410 e. The molecule has 3 amide bonds. The van der Waals surface area contributed by atoms with Gasteiger partial charge in [0.15, 0.2) is 5.75 Å². The van der Waals surface area contributed by atoms with Crippen LogP contribution in [0.3, 0.4) is 0 Å². The van der Waals surface area contributed by atoms with Gasteiger partial charge >= 0.3 is 6.09 Å². The molecule has 1 saturated heterocycles. The summed E-state index contributed by atoms with van der Waals surface area (Å²) in [4.78, 5) is 37.9. The first-order chi connectivity index (χ1) is 14.9. The quantitative estimate of drug-likeness (QED) is 0.377. The monoisotopic (exact) mass is 445 g/mol. The van der Waals surface area contributed by atoms with Crippen molar-refractivity contribution in [3.63, 3.8) is 0 Å². The van der Waals surface area contributed by atoms with E-state index in [-0.39, 0.29) is 64.8 Å². The molecule has 172 valence electrons. The molecule has 5 rings (SSSR count). The van der Waals surface area contributed by atoms with Gasteiger partial charge in [-0.05, 0) is 39.3 Å². The Morgan fingerprint density at radius 1 is 1.22 bits per heavy atom. The van der Waals surface area contributed by atoms with Gasteiger partial charge in [0.1, 0.15) is 16.9 Å². The summed E-state index contributed by atoms with van der Waals surface area (Å²) in [5.74, 6) is -1.85. The van der Waals surface area contributed by atoms with Crippen molar-refractivity contribution in [3.05, 3.63) is 17.7 Å². The molecule has 3 saturated carbocycles. The molecule has 0 bridgehead atoms. The molecule has 0 spiro atoms. The number of nitrogens with two attached hydrogens (primary N) is 1. The molecule has 1 heterocycles. The second-order valence-corrected chi connectivity index (χ2v) is 10.2. The van der Waals surface area contributed by atoms with E-state index in [1.54, 1.807) is 4.90 Å². The highest BCUT2D eigenvalue weighted by molar-refractivity contribution is 6.04. The van der Waals surface area contributed by atoms with Crippen LogP contribution in [0.2, 0.25) is 0 Å². The molecule has 1 aromatic rings. The van der Waals surface area contributed by atoms with Crippen LogP contribution in [0, 0.1) is 23.7 Å². The summed E-state index contributed by atoms with van der Waals surface area (Å²) < 4.78 is 10.4. The minimum absolute atomic E-state index is 0.0656.